The van der Waals surface area contributed by atoms with E-state index in [1.54, 1.807) is 0 Å². The molecule has 0 aliphatic heterocycles. The third kappa shape index (κ3) is 5.18. The van der Waals surface area contributed by atoms with E-state index in [0.29, 0.717) is 12.3 Å². The molecule has 0 amide bonds. The molecule has 1 fully saturated rings. The van der Waals surface area contributed by atoms with Crippen LogP contribution in [-0.4, -0.2) is 8.07 Å². The first kappa shape index (κ1) is 17.1. The van der Waals surface area contributed by atoms with Crippen molar-refractivity contribution in [3.8, 4) is 17.5 Å². The molecule has 0 heterocycles. The Morgan fingerprint density at radius 3 is 2.30 bits per heavy atom. The number of nitriles is 1. The standard InChI is InChI=1S/C18H29NSi/c1-18(2,3)20(4,5)14-12-17(11-13-19)15-16-9-7-6-8-10-16/h15-16H,6-11H2,1-5H3/b17-15-. The van der Waals surface area contributed by atoms with Gasteiger partial charge in [0.2, 0.25) is 0 Å². The highest BCUT2D eigenvalue weighted by molar-refractivity contribution is 6.87. The van der Waals surface area contributed by atoms with Gasteiger partial charge < -0.3 is 0 Å². The maximum Gasteiger partial charge on any atom is 0.138 e. The van der Waals surface area contributed by atoms with Crippen molar-refractivity contribution < 1.29 is 0 Å². The topological polar surface area (TPSA) is 23.8 Å². The second kappa shape index (κ2) is 7.14. The summed E-state index contributed by atoms with van der Waals surface area (Å²) in [5.41, 5.74) is 4.60. The summed E-state index contributed by atoms with van der Waals surface area (Å²) in [6.07, 6.45) is 9.34. The average Bonchev–Trinajstić information content (AvgIpc) is 2.36. The van der Waals surface area contributed by atoms with E-state index in [1.807, 2.05) is 0 Å². The van der Waals surface area contributed by atoms with E-state index in [4.69, 9.17) is 5.26 Å². The monoisotopic (exact) mass is 287 g/mol. The average molecular weight is 288 g/mol. The van der Waals surface area contributed by atoms with Gasteiger partial charge in [0.25, 0.3) is 0 Å². The lowest BCUT2D eigenvalue weighted by Gasteiger charge is -2.31. The lowest BCUT2D eigenvalue weighted by atomic mass is 9.87. The fraction of sp³-hybridized carbons (Fsp3) is 0.722. The summed E-state index contributed by atoms with van der Waals surface area (Å²) in [6.45, 7) is 11.5. The first-order chi connectivity index (χ1) is 9.26. The lowest BCUT2D eigenvalue weighted by Crippen LogP contribution is -2.35. The van der Waals surface area contributed by atoms with Crippen LogP contribution >= 0.6 is 0 Å². The Morgan fingerprint density at radius 2 is 1.80 bits per heavy atom. The molecule has 1 aliphatic rings. The van der Waals surface area contributed by atoms with Crippen LogP contribution in [0.3, 0.4) is 0 Å². The molecule has 110 valence electrons. The highest BCUT2D eigenvalue weighted by Crippen LogP contribution is 2.35. The number of hydrogen-bond acceptors (Lipinski definition) is 1. The van der Waals surface area contributed by atoms with E-state index in [1.165, 1.54) is 32.1 Å². The SMILES string of the molecule is CC(C)(C)[Si](C)(C)C#C/C(=C\C1CCCCC1)CC#N. The Labute approximate surface area is 126 Å². The number of nitrogens with zero attached hydrogens (tertiary/aromatic N) is 1. The van der Waals surface area contributed by atoms with Crippen LogP contribution in [0.2, 0.25) is 18.1 Å². The summed E-state index contributed by atoms with van der Waals surface area (Å²) in [4.78, 5) is 0. The van der Waals surface area contributed by atoms with E-state index >= 15 is 0 Å². The van der Waals surface area contributed by atoms with Gasteiger partial charge in [-0.05, 0) is 23.8 Å². The quantitative estimate of drug-likeness (QED) is 0.489. The molecular weight excluding hydrogens is 258 g/mol. The molecule has 0 spiro atoms. The van der Waals surface area contributed by atoms with Crippen LogP contribution in [0, 0.1) is 28.7 Å². The highest BCUT2D eigenvalue weighted by atomic mass is 28.3. The largest absolute Gasteiger partial charge is 0.198 e. The summed E-state index contributed by atoms with van der Waals surface area (Å²) in [5.74, 6) is 4.02. The van der Waals surface area contributed by atoms with Gasteiger partial charge in [-0.15, -0.1) is 5.54 Å². The molecule has 0 bridgehead atoms. The summed E-state index contributed by atoms with van der Waals surface area (Å²) in [7, 11) is -1.57. The molecular formula is C18H29NSi. The van der Waals surface area contributed by atoms with Crippen LogP contribution < -0.4 is 0 Å². The minimum Gasteiger partial charge on any atom is -0.198 e. The van der Waals surface area contributed by atoms with Crippen molar-refractivity contribution in [2.45, 2.75) is 77.4 Å². The summed E-state index contributed by atoms with van der Waals surface area (Å²) in [5, 5.41) is 9.29. The van der Waals surface area contributed by atoms with E-state index in [0.717, 1.165) is 5.57 Å². The van der Waals surface area contributed by atoms with Gasteiger partial charge in [-0.2, -0.15) is 5.26 Å². The molecule has 0 N–H and O–H groups in total. The van der Waals surface area contributed by atoms with Gasteiger partial charge in [0.15, 0.2) is 0 Å². The van der Waals surface area contributed by atoms with Crippen LogP contribution in [0.4, 0.5) is 0 Å². The molecule has 0 aromatic heterocycles. The molecule has 1 nitrogen and oxygen atoms in total. The van der Waals surface area contributed by atoms with Crippen LogP contribution in [0.1, 0.15) is 59.3 Å². The van der Waals surface area contributed by atoms with Gasteiger partial charge in [-0.1, -0.05) is 65.1 Å². The summed E-state index contributed by atoms with van der Waals surface area (Å²) < 4.78 is 0. The predicted molar refractivity (Wildman–Crippen MR) is 89.9 cm³/mol. The van der Waals surface area contributed by atoms with Crippen molar-refractivity contribution in [3.05, 3.63) is 11.6 Å². The van der Waals surface area contributed by atoms with Crippen LogP contribution in [0.15, 0.2) is 11.6 Å². The van der Waals surface area contributed by atoms with Crippen molar-refractivity contribution >= 4 is 8.07 Å². The van der Waals surface area contributed by atoms with Gasteiger partial charge in [0.1, 0.15) is 8.07 Å². The highest BCUT2D eigenvalue weighted by Gasteiger charge is 2.33. The molecule has 20 heavy (non-hydrogen) atoms. The van der Waals surface area contributed by atoms with Gasteiger partial charge in [-0.25, -0.2) is 0 Å². The molecule has 1 saturated carbocycles. The van der Waals surface area contributed by atoms with Gasteiger partial charge in [-0.3, -0.25) is 0 Å². The van der Waals surface area contributed by atoms with Crippen molar-refractivity contribution in [2.24, 2.45) is 5.92 Å². The maximum absolute atomic E-state index is 9.01. The molecule has 0 radical (unpaired) electrons. The molecule has 0 aromatic rings. The third-order valence-electron chi connectivity index (χ3n) is 4.77. The fourth-order valence-electron chi connectivity index (χ4n) is 2.24. The zero-order valence-electron chi connectivity index (χ0n) is 13.8. The van der Waals surface area contributed by atoms with Gasteiger partial charge in [0.05, 0.1) is 12.5 Å². The molecule has 0 unspecified atom stereocenters. The molecule has 0 atom stereocenters. The Kier molecular flexibility index (Phi) is 6.09. The second-order valence-corrected chi connectivity index (χ2v) is 12.5. The lowest BCUT2D eigenvalue weighted by molar-refractivity contribution is 0.418. The number of hydrogen-bond donors (Lipinski definition) is 0. The smallest absolute Gasteiger partial charge is 0.138 e. The zero-order chi connectivity index (χ0) is 15.2. The molecule has 2 heteroatoms. The molecule has 0 saturated heterocycles. The summed E-state index contributed by atoms with van der Waals surface area (Å²) in [6, 6.07) is 2.28. The Bertz CT molecular complexity index is 443. The fourth-order valence-corrected chi connectivity index (χ4v) is 3.09. The van der Waals surface area contributed by atoms with Crippen LogP contribution in [-0.2, 0) is 0 Å². The number of allylic oxidation sites excluding steroid dienone is 2. The Morgan fingerprint density at radius 1 is 1.20 bits per heavy atom. The first-order valence-corrected chi connectivity index (χ1v) is 10.9. The van der Waals surface area contributed by atoms with Crippen molar-refractivity contribution in [1.82, 2.24) is 0 Å². The van der Waals surface area contributed by atoms with Gasteiger partial charge >= 0.3 is 0 Å². The van der Waals surface area contributed by atoms with Crippen molar-refractivity contribution in [3.63, 3.8) is 0 Å². The van der Waals surface area contributed by atoms with Crippen LogP contribution in [0.25, 0.3) is 0 Å². The molecule has 1 rings (SSSR count). The molecule has 0 aromatic carbocycles. The zero-order valence-corrected chi connectivity index (χ0v) is 14.8. The van der Waals surface area contributed by atoms with Crippen LogP contribution in [0.5, 0.6) is 0 Å². The van der Waals surface area contributed by atoms with Crippen molar-refractivity contribution in [1.29, 1.82) is 5.26 Å². The Hall–Kier alpha value is -0.993. The van der Waals surface area contributed by atoms with Crippen molar-refractivity contribution in [2.75, 3.05) is 0 Å². The number of rotatable bonds is 2. The molecule has 1 aliphatic carbocycles. The maximum atomic E-state index is 9.01. The third-order valence-corrected chi connectivity index (χ3v) is 9.27. The van der Waals surface area contributed by atoms with E-state index in [9.17, 15) is 0 Å². The first-order valence-electron chi connectivity index (χ1n) is 7.87. The van der Waals surface area contributed by atoms with E-state index in [-0.39, 0.29) is 5.04 Å². The minimum atomic E-state index is -1.57. The summed E-state index contributed by atoms with van der Waals surface area (Å²) >= 11 is 0. The van der Waals surface area contributed by atoms with E-state index < -0.39 is 8.07 Å². The van der Waals surface area contributed by atoms with Gasteiger partial charge in [0, 0.05) is 5.57 Å². The Balaban J connectivity index is 2.88. The predicted octanol–water partition coefficient (Wildman–Crippen LogP) is 5.46. The second-order valence-electron chi connectivity index (χ2n) is 7.55. The normalized spacial score (nSPS) is 18.1. The van der Waals surface area contributed by atoms with E-state index in [2.05, 4.69) is 57.5 Å². The minimum absolute atomic E-state index is 0.280.